The second-order valence-electron chi connectivity index (χ2n) is 1.65. The van der Waals surface area contributed by atoms with E-state index in [9.17, 15) is 4.79 Å². The molecule has 4 heteroatoms. The third-order valence-corrected chi connectivity index (χ3v) is 1.49. The number of halogens is 1. The van der Waals surface area contributed by atoms with Crippen molar-refractivity contribution in [2.24, 2.45) is 0 Å². The number of hydrogen-bond donors (Lipinski definition) is 1. The van der Waals surface area contributed by atoms with Crippen LogP contribution >= 0.6 is 15.9 Å². The van der Waals surface area contributed by atoms with E-state index in [-0.39, 0.29) is 4.48 Å². The van der Waals surface area contributed by atoms with Crippen LogP contribution in [-0.2, 0) is 4.79 Å². The van der Waals surface area contributed by atoms with Crippen LogP contribution in [0.4, 0.5) is 0 Å². The molecule has 0 amide bonds. The van der Waals surface area contributed by atoms with E-state index in [0.29, 0.717) is 5.57 Å². The molecular formula is C7H6BrNO2. The Bertz CT molecular complexity index is 260. The molecule has 11 heavy (non-hydrogen) atoms. The Hall–Kier alpha value is -1.08. The van der Waals surface area contributed by atoms with E-state index in [2.05, 4.69) is 15.9 Å². The molecule has 0 aromatic carbocycles. The molecule has 0 aliphatic carbocycles. The summed E-state index contributed by atoms with van der Waals surface area (Å²) in [7, 11) is 0. The van der Waals surface area contributed by atoms with E-state index in [1.54, 1.807) is 6.92 Å². The fourth-order valence-corrected chi connectivity index (χ4v) is 0.625. The molecule has 0 saturated heterocycles. The number of allylic oxidation sites excluding steroid dienone is 3. The van der Waals surface area contributed by atoms with Gasteiger partial charge in [0.05, 0.1) is 6.07 Å². The number of nitrogens with zero attached hydrogens (tertiary/aromatic N) is 1. The van der Waals surface area contributed by atoms with Crippen LogP contribution in [0.15, 0.2) is 22.2 Å². The zero-order chi connectivity index (χ0) is 8.85. The van der Waals surface area contributed by atoms with E-state index in [4.69, 9.17) is 10.4 Å². The van der Waals surface area contributed by atoms with Crippen LogP contribution in [0.1, 0.15) is 6.92 Å². The third-order valence-electron chi connectivity index (χ3n) is 0.927. The molecule has 0 bridgehead atoms. The Labute approximate surface area is 72.8 Å². The molecule has 0 heterocycles. The molecular weight excluding hydrogens is 210 g/mol. The maximum Gasteiger partial charge on any atom is 0.342 e. The van der Waals surface area contributed by atoms with Crippen molar-refractivity contribution < 1.29 is 9.90 Å². The highest BCUT2D eigenvalue weighted by Crippen LogP contribution is 2.08. The Balaban J connectivity index is 4.58. The van der Waals surface area contributed by atoms with Gasteiger partial charge in [0, 0.05) is 5.57 Å². The van der Waals surface area contributed by atoms with Gasteiger partial charge in [-0.3, -0.25) is 0 Å². The number of aliphatic carboxylic acids is 1. The molecule has 0 rings (SSSR count). The monoisotopic (exact) mass is 215 g/mol. The van der Waals surface area contributed by atoms with Crippen molar-refractivity contribution in [2.75, 3.05) is 0 Å². The second-order valence-corrected chi connectivity index (χ2v) is 2.51. The summed E-state index contributed by atoms with van der Waals surface area (Å²) < 4.78 is -0.0212. The van der Waals surface area contributed by atoms with Gasteiger partial charge in [0.15, 0.2) is 0 Å². The Morgan fingerprint density at radius 1 is 1.73 bits per heavy atom. The highest BCUT2D eigenvalue weighted by Gasteiger charge is 2.01. The first-order chi connectivity index (χ1) is 5.11. The Morgan fingerprint density at radius 3 is 2.55 bits per heavy atom. The van der Waals surface area contributed by atoms with Crippen molar-refractivity contribution in [3.05, 3.63) is 22.2 Å². The van der Waals surface area contributed by atoms with Gasteiger partial charge in [-0.1, -0.05) is 6.08 Å². The lowest BCUT2D eigenvalue weighted by atomic mass is 10.2. The van der Waals surface area contributed by atoms with E-state index < -0.39 is 5.97 Å². The average molecular weight is 216 g/mol. The number of nitriles is 1. The first-order valence-corrected chi connectivity index (χ1v) is 3.58. The summed E-state index contributed by atoms with van der Waals surface area (Å²) in [6.45, 7) is 1.66. The summed E-state index contributed by atoms with van der Waals surface area (Å²) in [4.78, 5) is 10.2. The minimum atomic E-state index is -1.08. The molecule has 0 spiro atoms. The van der Waals surface area contributed by atoms with Crippen LogP contribution in [0.25, 0.3) is 0 Å². The van der Waals surface area contributed by atoms with Crippen LogP contribution < -0.4 is 0 Å². The SMILES string of the molecule is C/C=C(C#N)\C=C(\Br)C(=O)O. The largest absolute Gasteiger partial charge is 0.477 e. The fraction of sp³-hybridized carbons (Fsp3) is 0.143. The maximum absolute atomic E-state index is 10.2. The van der Waals surface area contributed by atoms with Gasteiger partial charge in [-0.05, 0) is 28.9 Å². The van der Waals surface area contributed by atoms with Gasteiger partial charge < -0.3 is 5.11 Å². The van der Waals surface area contributed by atoms with Gasteiger partial charge in [0.2, 0.25) is 0 Å². The van der Waals surface area contributed by atoms with Crippen molar-refractivity contribution in [3.63, 3.8) is 0 Å². The van der Waals surface area contributed by atoms with Gasteiger partial charge in [-0.2, -0.15) is 5.26 Å². The highest BCUT2D eigenvalue weighted by atomic mass is 79.9. The second kappa shape index (κ2) is 4.69. The Morgan fingerprint density at radius 2 is 2.27 bits per heavy atom. The van der Waals surface area contributed by atoms with Gasteiger partial charge in [-0.15, -0.1) is 0 Å². The number of carboxylic acids is 1. The van der Waals surface area contributed by atoms with Crippen molar-refractivity contribution in [2.45, 2.75) is 6.92 Å². The lowest BCUT2D eigenvalue weighted by Crippen LogP contribution is -1.93. The molecule has 1 N–H and O–H groups in total. The fourth-order valence-electron chi connectivity index (χ4n) is 0.378. The minimum Gasteiger partial charge on any atom is -0.477 e. The smallest absolute Gasteiger partial charge is 0.342 e. The summed E-state index contributed by atoms with van der Waals surface area (Å²) in [6, 6.07) is 1.83. The molecule has 0 aliphatic rings. The topological polar surface area (TPSA) is 61.1 Å². The molecule has 0 aromatic heterocycles. The van der Waals surface area contributed by atoms with E-state index in [1.807, 2.05) is 6.07 Å². The number of rotatable bonds is 2. The minimum absolute atomic E-state index is 0.0212. The van der Waals surface area contributed by atoms with Crippen molar-refractivity contribution >= 4 is 21.9 Å². The number of hydrogen-bond acceptors (Lipinski definition) is 2. The van der Waals surface area contributed by atoms with E-state index in [0.717, 1.165) is 0 Å². The Kier molecular flexibility index (Phi) is 4.23. The van der Waals surface area contributed by atoms with Crippen LogP contribution in [-0.4, -0.2) is 11.1 Å². The summed E-state index contributed by atoms with van der Waals surface area (Å²) >= 11 is 2.79. The van der Waals surface area contributed by atoms with Crippen molar-refractivity contribution in [3.8, 4) is 6.07 Å². The lowest BCUT2D eigenvalue weighted by Gasteiger charge is -1.88. The predicted octanol–water partition coefficient (Wildman–Crippen LogP) is 1.82. The van der Waals surface area contributed by atoms with E-state index in [1.165, 1.54) is 12.2 Å². The van der Waals surface area contributed by atoms with Crippen LogP contribution in [0.2, 0.25) is 0 Å². The highest BCUT2D eigenvalue weighted by molar-refractivity contribution is 9.12. The summed E-state index contributed by atoms with van der Waals surface area (Å²) in [5, 5.41) is 16.8. The zero-order valence-corrected chi connectivity index (χ0v) is 7.42. The molecule has 0 atom stereocenters. The predicted molar refractivity (Wildman–Crippen MR) is 44.0 cm³/mol. The van der Waals surface area contributed by atoms with Gasteiger partial charge in [0.1, 0.15) is 4.48 Å². The van der Waals surface area contributed by atoms with Gasteiger partial charge in [-0.25, -0.2) is 4.79 Å². The van der Waals surface area contributed by atoms with Gasteiger partial charge in [0.25, 0.3) is 0 Å². The molecule has 0 aromatic rings. The standard InChI is InChI=1S/C7H6BrNO2/c1-2-5(4-9)3-6(8)7(10)11/h2-3H,1H3,(H,10,11)/b5-2+,6-3+. The lowest BCUT2D eigenvalue weighted by molar-refractivity contribution is -0.131. The molecule has 0 aliphatic heterocycles. The van der Waals surface area contributed by atoms with Crippen molar-refractivity contribution in [1.29, 1.82) is 5.26 Å². The third kappa shape index (κ3) is 3.58. The van der Waals surface area contributed by atoms with Crippen LogP contribution in [0.5, 0.6) is 0 Å². The first kappa shape index (κ1) is 9.92. The molecule has 3 nitrogen and oxygen atoms in total. The summed E-state index contributed by atoms with van der Waals surface area (Å²) in [6.07, 6.45) is 2.78. The molecule has 0 saturated carbocycles. The van der Waals surface area contributed by atoms with Gasteiger partial charge >= 0.3 is 5.97 Å². The van der Waals surface area contributed by atoms with Crippen molar-refractivity contribution in [1.82, 2.24) is 0 Å². The quantitative estimate of drug-likeness (QED) is 0.435. The summed E-state index contributed by atoms with van der Waals surface area (Å²) in [5.74, 6) is -1.08. The molecule has 0 fully saturated rings. The van der Waals surface area contributed by atoms with Crippen LogP contribution in [0.3, 0.4) is 0 Å². The maximum atomic E-state index is 10.2. The summed E-state index contributed by atoms with van der Waals surface area (Å²) in [5.41, 5.74) is 0.319. The average Bonchev–Trinajstić information content (AvgIpc) is 1.99. The number of carbonyl (C=O) groups is 1. The first-order valence-electron chi connectivity index (χ1n) is 2.78. The number of carboxylic acid groups (broad SMARTS) is 1. The normalized spacial score (nSPS) is 12.5. The molecule has 58 valence electrons. The van der Waals surface area contributed by atoms with E-state index >= 15 is 0 Å². The molecule has 0 unspecified atom stereocenters. The zero-order valence-electron chi connectivity index (χ0n) is 5.84. The van der Waals surface area contributed by atoms with Crippen LogP contribution in [0, 0.1) is 11.3 Å². The molecule has 0 radical (unpaired) electrons.